The van der Waals surface area contributed by atoms with Crippen LogP contribution in [-0.2, 0) is 18.4 Å². The van der Waals surface area contributed by atoms with Crippen LogP contribution in [0.2, 0.25) is 0 Å². The van der Waals surface area contributed by atoms with E-state index in [0.29, 0.717) is 16.7 Å². The number of nitrogens with one attached hydrogen (secondary N) is 1. The zero-order chi connectivity index (χ0) is 19.7. The number of hydrogen-bond donors (Lipinski definition) is 1. The fourth-order valence-electron chi connectivity index (χ4n) is 3.22. The molecule has 3 aromatic heterocycles. The number of carbonyl (C=O) groups excluding carboxylic acids is 1. The molecule has 1 amide bonds. The van der Waals surface area contributed by atoms with Crippen molar-refractivity contribution in [1.82, 2.24) is 29.2 Å². The number of amides is 1. The number of aryl methyl sites for hydroxylation is 1. The lowest BCUT2D eigenvalue weighted by atomic mass is 10.3. The van der Waals surface area contributed by atoms with Gasteiger partial charge in [0.05, 0.1) is 18.1 Å². The normalized spacial score (nSPS) is 15.1. The molecule has 0 unspecified atom stereocenters. The Morgan fingerprint density at radius 3 is 2.61 bits per heavy atom. The maximum Gasteiger partial charge on any atom is 0.264 e. The number of aromatic nitrogens is 5. The highest BCUT2D eigenvalue weighted by Crippen LogP contribution is 2.16. The van der Waals surface area contributed by atoms with E-state index in [-0.39, 0.29) is 18.0 Å². The van der Waals surface area contributed by atoms with Gasteiger partial charge in [-0.05, 0) is 19.2 Å². The number of anilines is 2. The molecule has 4 heterocycles. The molecular formula is C18H22N8O2. The highest BCUT2D eigenvalue weighted by Gasteiger charge is 2.15. The van der Waals surface area contributed by atoms with Crippen molar-refractivity contribution >= 4 is 28.4 Å². The summed E-state index contributed by atoms with van der Waals surface area (Å²) >= 11 is 0. The summed E-state index contributed by atoms with van der Waals surface area (Å²) in [7, 11) is 3.82. The molecular weight excluding hydrogens is 360 g/mol. The molecule has 10 heteroatoms. The molecule has 1 aliphatic heterocycles. The number of fused-ring (bicyclic) bond motifs is 1. The van der Waals surface area contributed by atoms with Crippen molar-refractivity contribution in [1.29, 1.82) is 0 Å². The Morgan fingerprint density at radius 2 is 1.89 bits per heavy atom. The molecule has 1 aliphatic rings. The van der Waals surface area contributed by atoms with Crippen LogP contribution in [0.4, 0.5) is 11.5 Å². The lowest BCUT2D eigenvalue weighted by molar-refractivity contribution is -0.116. The van der Waals surface area contributed by atoms with E-state index in [2.05, 4.69) is 37.2 Å². The van der Waals surface area contributed by atoms with Gasteiger partial charge in [0.1, 0.15) is 24.1 Å². The number of carbonyl (C=O) groups is 1. The van der Waals surface area contributed by atoms with E-state index in [9.17, 15) is 9.59 Å². The van der Waals surface area contributed by atoms with Gasteiger partial charge in [0.2, 0.25) is 5.91 Å². The monoisotopic (exact) mass is 382 g/mol. The van der Waals surface area contributed by atoms with Crippen molar-refractivity contribution in [2.75, 3.05) is 43.4 Å². The molecule has 0 radical (unpaired) electrons. The zero-order valence-electron chi connectivity index (χ0n) is 15.9. The highest BCUT2D eigenvalue weighted by molar-refractivity contribution is 5.90. The highest BCUT2D eigenvalue weighted by atomic mass is 16.2. The van der Waals surface area contributed by atoms with Gasteiger partial charge in [-0.1, -0.05) is 0 Å². The Labute approximate surface area is 161 Å². The van der Waals surface area contributed by atoms with Crippen molar-refractivity contribution < 1.29 is 4.79 Å². The van der Waals surface area contributed by atoms with Gasteiger partial charge >= 0.3 is 0 Å². The number of piperazine rings is 1. The van der Waals surface area contributed by atoms with Crippen molar-refractivity contribution in [3.63, 3.8) is 0 Å². The van der Waals surface area contributed by atoms with Crippen molar-refractivity contribution in [2.45, 2.75) is 6.54 Å². The van der Waals surface area contributed by atoms with Gasteiger partial charge in [0.25, 0.3) is 5.56 Å². The number of nitrogens with zero attached hydrogens (tertiary/aromatic N) is 7. The predicted octanol–water partition coefficient (Wildman–Crippen LogP) is -0.0845. The predicted molar refractivity (Wildman–Crippen MR) is 105 cm³/mol. The van der Waals surface area contributed by atoms with Gasteiger partial charge in [0.15, 0.2) is 5.65 Å². The molecule has 0 spiro atoms. The van der Waals surface area contributed by atoms with Crippen molar-refractivity contribution in [3.8, 4) is 0 Å². The summed E-state index contributed by atoms with van der Waals surface area (Å²) in [5.41, 5.74) is 0.786. The van der Waals surface area contributed by atoms with Crippen molar-refractivity contribution in [3.05, 3.63) is 41.2 Å². The van der Waals surface area contributed by atoms with Crippen molar-refractivity contribution in [2.24, 2.45) is 7.05 Å². The molecule has 146 valence electrons. The maximum atomic E-state index is 12.4. The van der Waals surface area contributed by atoms with E-state index in [1.165, 1.54) is 21.8 Å². The van der Waals surface area contributed by atoms with Gasteiger partial charge in [-0.2, -0.15) is 5.10 Å². The summed E-state index contributed by atoms with van der Waals surface area (Å²) in [6.45, 7) is 3.75. The molecule has 0 saturated carbocycles. The van der Waals surface area contributed by atoms with E-state index in [1.54, 1.807) is 13.2 Å². The first-order valence-corrected chi connectivity index (χ1v) is 9.08. The fraction of sp³-hybridized carbons (Fsp3) is 0.389. The molecule has 1 N–H and O–H groups in total. The first-order chi connectivity index (χ1) is 13.5. The number of pyridine rings is 1. The minimum absolute atomic E-state index is 0.128. The Bertz CT molecular complexity index is 1050. The number of hydrogen-bond acceptors (Lipinski definition) is 7. The second kappa shape index (κ2) is 7.39. The Hall–Kier alpha value is -3.27. The molecule has 1 fully saturated rings. The molecule has 3 aromatic rings. The van der Waals surface area contributed by atoms with Crippen LogP contribution in [0, 0.1) is 0 Å². The molecule has 28 heavy (non-hydrogen) atoms. The summed E-state index contributed by atoms with van der Waals surface area (Å²) in [5, 5.41) is 7.18. The molecule has 0 atom stereocenters. The van der Waals surface area contributed by atoms with Crippen LogP contribution in [0.1, 0.15) is 0 Å². The molecule has 0 bridgehead atoms. The number of rotatable bonds is 4. The molecule has 4 rings (SSSR count). The summed E-state index contributed by atoms with van der Waals surface area (Å²) in [5.74, 6) is 0.579. The van der Waals surface area contributed by atoms with Crippen LogP contribution in [0.25, 0.3) is 11.0 Å². The smallest absolute Gasteiger partial charge is 0.264 e. The third-order valence-corrected chi connectivity index (χ3v) is 4.89. The third-order valence-electron chi connectivity index (χ3n) is 4.89. The SMILES string of the molecule is CN1CCN(c2ccc(NC(=O)Cn3cnc4c(cnn4C)c3=O)cn2)CC1. The van der Waals surface area contributed by atoms with Gasteiger partial charge < -0.3 is 15.1 Å². The lowest BCUT2D eigenvalue weighted by Gasteiger charge is -2.33. The van der Waals surface area contributed by atoms with Crippen LogP contribution in [0.15, 0.2) is 35.6 Å². The van der Waals surface area contributed by atoms with Crippen LogP contribution in [-0.4, -0.2) is 68.3 Å². The summed E-state index contributed by atoms with van der Waals surface area (Å²) in [6, 6.07) is 3.72. The summed E-state index contributed by atoms with van der Waals surface area (Å²) in [6.07, 6.45) is 4.46. The minimum atomic E-state index is -0.318. The van der Waals surface area contributed by atoms with Crippen LogP contribution in [0.3, 0.4) is 0 Å². The largest absolute Gasteiger partial charge is 0.354 e. The average Bonchev–Trinajstić information content (AvgIpc) is 3.07. The maximum absolute atomic E-state index is 12.4. The first-order valence-electron chi connectivity index (χ1n) is 9.08. The fourth-order valence-corrected chi connectivity index (χ4v) is 3.22. The van der Waals surface area contributed by atoms with Gasteiger partial charge in [-0.3, -0.25) is 18.8 Å². The summed E-state index contributed by atoms with van der Waals surface area (Å²) < 4.78 is 2.79. The van der Waals surface area contributed by atoms with Crippen LogP contribution in [0.5, 0.6) is 0 Å². The molecule has 0 aromatic carbocycles. The van der Waals surface area contributed by atoms with Gasteiger partial charge in [0, 0.05) is 33.2 Å². The molecule has 1 saturated heterocycles. The molecule has 10 nitrogen and oxygen atoms in total. The second-order valence-electron chi connectivity index (χ2n) is 6.93. The van der Waals surface area contributed by atoms with Gasteiger partial charge in [-0.15, -0.1) is 0 Å². The van der Waals surface area contributed by atoms with E-state index in [4.69, 9.17) is 0 Å². The Morgan fingerprint density at radius 1 is 1.11 bits per heavy atom. The van der Waals surface area contributed by atoms with E-state index in [1.807, 2.05) is 12.1 Å². The van der Waals surface area contributed by atoms with Gasteiger partial charge in [-0.25, -0.2) is 9.97 Å². The zero-order valence-corrected chi connectivity index (χ0v) is 15.9. The average molecular weight is 382 g/mol. The Balaban J connectivity index is 1.41. The Kier molecular flexibility index (Phi) is 4.78. The first kappa shape index (κ1) is 18.1. The van der Waals surface area contributed by atoms with E-state index < -0.39 is 0 Å². The third kappa shape index (κ3) is 3.58. The summed E-state index contributed by atoms with van der Waals surface area (Å²) in [4.78, 5) is 37.9. The standard InChI is InChI=1S/C18H22N8O2/c1-23-5-7-25(8-6-23)15-4-3-13(9-19-15)22-16(27)11-26-12-20-17-14(18(26)28)10-21-24(17)2/h3-4,9-10,12H,5-8,11H2,1-2H3,(H,22,27). The number of likely N-dealkylation sites (N-methyl/N-ethyl adjacent to an activating group) is 1. The van der Waals surface area contributed by atoms with E-state index in [0.717, 1.165) is 32.0 Å². The quantitative estimate of drug-likeness (QED) is 0.673. The lowest BCUT2D eigenvalue weighted by Crippen LogP contribution is -2.44. The second-order valence-corrected chi connectivity index (χ2v) is 6.93. The minimum Gasteiger partial charge on any atom is -0.354 e. The van der Waals surface area contributed by atoms with Crippen LogP contribution < -0.4 is 15.8 Å². The topological polar surface area (TPSA) is 101 Å². The molecule has 0 aliphatic carbocycles. The van der Waals surface area contributed by atoms with Crippen LogP contribution >= 0.6 is 0 Å². The van der Waals surface area contributed by atoms with E-state index >= 15 is 0 Å².